The van der Waals surface area contributed by atoms with Crippen LogP contribution in [-0.2, 0) is 18.4 Å². The summed E-state index contributed by atoms with van der Waals surface area (Å²) < 4.78 is 1.82. The number of benzene rings is 1. The molecule has 0 aliphatic rings. The maximum Gasteiger partial charge on any atom is 0.238 e. The Hall–Kier alpha value is -2.18. The summed E-state index contributed by atoms with van der Waals surface area (Å²) in [6.07, 6.45) is 4.93. The van der Waals surface area contributed by atoms with Crippen LogP contribution in [0.2, 0.25) is 0 Å². The van der Waals surface area contributed by atoms with Crippen molar-refractivity contribution in [3.8, 4) is 0 Å². The van der Waals surface area contributed by atoms with Gasteiger partial charge in [-0.25, -0.2) is 0 Å². The SMILES string of the molecule is CCC(NCc1cccc(NC(=O)CN(C)C)c1)c1cnn(C)c1. The lowest BCUT2D eigenvalue weighted by Crippen LogP contribution is -2.27. The number of likely N-dealkylation sites (N-methyl/N-ethyl adjacent to an activating group) is 1. The first-order valence-corrected chi connectivity index (χ1v) is 8.23. The van der Waals surface area contributed by atoms with Crippen LogP contribution in [0.4, 0.5) is 5.69 Å². The lowest BCUT2D eigenvalue weighted by atomic mass is 10.1. The largest absolute Gasteiger partial charge is 0.325 e. The number of rotatable bonds is 8. The van der Waals surface area contributed by atoms with Gasteiger partial charge in [-0.2, -0.15) is 5.10 Å². The lowest BCUT2D eigenvalue weighted by Gasteiger charge is -2.16. The van der Waals surface area contributed by atoms with Gasteiger partial charge in [0.05, 0.1) is 12.7 Å². The third-order valence-corrected chi connectivity index (χ3v) is 3.76. The Bertz CT molecular complexity index is 665. The minimum Gasteiger partial charge on any atom is -0.325 e. The first-order valence-electron chi connectivity index (χ1n) is 8.23. The number of nitrogens with zero attached hydrogens (tertiary/aromatic N) is 3. The maximum absolute atomic E-state index is 11.9. The van der Waals surface area contributed by atoms with E-state index < -0.39 is 0 Å². The molecule has 2 N–H and O–H groups in total. The lowest BCUT2D eigenvalue weighted by molar-refractivity contribution is -0.116. The van der Waals surface area contributed by atoms with E-state index in [-0.39, 0.29) is 11.9 Å². The Morgan fingerprint density at radius 2 is 2.17 bits per heavy atom. The zero-order valence-corrected chi connectivity index (χ0v) is 14.9. The molecule has 0 fully saturated rings. The Labute approximate surface area is 143 Å². The van der Waals surface area contributed by atoms with Gasteiger partial charge in [-0.15, -0.1) is 0 Å². The average Bonchev–Trinajstić information content (AvgIpc) is 2.94. The van der Waals surface area contributed by atoms with Crippen LogP contribution in [0.5, 0.6) is 0 Å². The second kappa shape index (κ2) is 8.61. The highest BCUT2D eigenvalue weighted by molar-refractivity contribution is 5.92. The molecule has 1 atom stereocenters. The predicted octanol–water partition coefficient (Wildman–Crippen LogP) is 2.16. The van der Waals surface area contributed by atoms with Crippen LogP contribution < -0.4 is 10.6 Å². The van der Waals surface area contributed by atoms with E-state index in [9.17, 15) is 4.79 Å². The number of hydrogen-bond acceptors (Lipinski definition) is 4. The average molecular weight is 329 g/mol. The van der Waals surface area contributed by atoms with E-state index in [1.54, 1.807) is 0 Å². The fraction of sp³-hybridized carbons (Fsp3) is 0.444. The third-order valence-electron chi connectivity index (χ3n) is 3.76. The Morgan fingerprint density at radius 3 is 2.79 bits per heavy atom. The molecule has 0 aliphatic heterocycles. The first kappa shape index (κ1) is 18.2. The van der Waals surface area contributed by atoms with Crippen molar-refractivity contribution < 1.29 is 4.79 Å². The van der Waals surface area contributed by atoms with Crippen molar-refractivity contribution in [3.63, 3.8) is 0 Å². The van der Waals surface area contributed by atoms with Crippen molar-refractivity contribution in [2.45, 2.75) is 25.9 Å². The molecule has 24 heavy (non-hydrogen) atoms. The molecule has 6 nitrogen and oxygen atoms in total. The zero-order valence-electron chi connectivity index (χ0n) is 14.9. The summed E-state index contributed by atoms with van der Waals surface area (Å²) in [7, 11) is 5.68. The number of nitrogens with one attached hydrogen (secondary N) is 2. The topological polar surface area (TPSA) is 62.2 Å². The fourth-order valence-electron chi connectivity index (χ4n) is 2.61. The van der Waals surface area contributed by atoms with Crippen LogP contribution in [0.3, 0.4) is 0 Å². The molecular weight excluding hydrogens is 302 g/mol. The smallest absolute Gasteiger partial charge is 0.238 e. The van der Waals surface area contributed by atoms with Gasteiger partial charge in [-0.05, 0) is 38.2 Å². The summed E-state index contributed by atoms with van der Waals surface area (Å²) in [5.41, 5.74) is 3.16. The number of amides is 1. The van der Waals surface area contributed by atoms with Crippen LogP contribution >= 0.6 is 0 Å². The molecule has 0 radical (unpaired) electrons. The molecule has 2 rings (SSSR count). The molecular formula is C18H27N5O. The van der Waals surface area contributed by atoms with E-state index in [0.717, 1.165) is 24.2 Å². The second-order valence-electron chi connectivity index (χ2n) is 6.28. The number of aryl methyl sites for hydroxylation is 1. The summed E-state index contributed by atoms with van der Waals surface area (Å²) >= 11 is 0. The van der Waals surface area contributed by atoms with E-state index in [4.69, 9.17) is 0 Å². The van der Waals surface area contributed by atoms with Crippen molar-refractivity contribution in [1.29, 1.82) is 0 Å². The second-order valence-corrected chi connectivity index (χ2v) is 6.28. The summed E-state index contributed by atoms with van der Waals surface area (Å²) in [6.45, 7) is 3.27. The predicted molar refractivity (Wildman–Crippen MR) is 96.7 cm³/mol. The van der Waals surface area contributed by atoms with Crippen molar-refractivity contribution in [2.24, 2.45) is 7.05 Å². The van der Waals surface area contributed by atoms with E-state index in [1.165, 1.54) is 5.56 Å². The van der Waals surface area contributed by atoms with Crippen LogP contribution in [0.15, 0.2) is 36.7 Å². The highest BCUT2D eigenvalue weighted by Gasteiger charge is 2.11. The van der Waals surface area contributed by atoms with Gasteiger partial charge in [0, 0.05) is 37.1 Å². The number of carbonyl (C=O) groups is 1. The van der Waals surface area contributed by atoms with Gasteiger partial charge in [0.2, 0.25) is 5.91 Å². The Balaban J connectivity index is 1.95. The maximum atomic E-state index is 11.9. The molecule has 0 spiro atoms. The third kappa shape index (κ3) is 5.47. The quantitative estimate of drug-likeness (QED) is 0.779. The number of aromatic nitrogens is 2. The fourth-order valence-corrected chi connectivity index (χ4v) is 2.61. The monoisotopic (exact) mass is 329 g/mol. The molecule has 2 aromatic rings. The van der Waals surface area contributed by atoms with Crippen molar-refractivity contribution >= 4 is 11.6 Å². The molecule has 0 bridgehead atoms. The van der Waals surface area contributed by atoms with Crippen LogP contribution in [0.25, 0.3) is 0 Å². The van der Waals surface area contributed by atoms with Gasteiger partial charge in [-0.1, -0.05) is 19.1 Å². The molecule has 1 aromatic heterocycles. The normalized spacial score (nSPS) is 12.4. The summed E-state index contributed by atoms with van der Waals surface area (Å²) in [6, 6.07) is 8.22. The van der Waals surface area contributed by atoms with Crippen molar-refractivity contribution in [2.75, 3.05) is 26.0 Å². The molecule has 0 aliphatic carbocycles. The van der Waals surface area contributed by atoms with Crippen LogP contribution in [0.1, 0.15) is 30.5 Å². The van der Waals surface area contributed by atoms with Crippen LogP contribution in [0, 0.1) is 0 Å². The van der Waals surface area contributed by atoms with E-state index in [1.807, 2.05) is 61.3 Å². The van der Waals surface area contributed by atoms with Gasteiger partial charge in [0.1, 0.15) is 0 Å². The summed E-state index contributed by atoms with van der Waals surface area (Å²) in [5, 5.41) is 10.7. The van der Waals surface area contributed by atoms with Crippen LogP contribution in [-0.4, -0.2) is 41.2 Å². The highest BCUT2D eigenvalue weighted by atomic mass is 16.2. The van der Waals surface area contributed by atoms with Crippen molar-refractivity contribution in [3.05, 3.63) is 47.8 Å². The summed E-state index contributed by atoms with van der Waals surface area (Å²) in [4.78, 5) is 13.7. The molecule has 1 aromatic carbocycles. The number of anilines is 1. The van der Waals surface area contributed by atoms with Gasteiger partial charge in [0.25, 0.3) is 0 Å². The molecule has 0 saturated carbocycles. The Morgan fingerprint density at radius 1 is 1.38 bits per heavy atom. The molecule has 1 amide bonds. The van der Waals surface area contributed by atoms with Gasteiger partial charge in [0.15, 0.2) is 0 Å². The minimum absolute atomic E-state index is 0.00750. The molecule has 1 heterocycles. The highest BCUT2D eigenvalue weighted by Crippen LogP contribution is 2.17. The molecule has 130 valence electrons. The number of hydrogen-bond donors (Lipinski definition) is 2. The van der Waals surface area contributed by atoms with E-state index >= 15 is 0 Å². The molecule has 1 unspecified atom stereocenters. The van der Waals surface area contributed by atoms with Gasteiger partial charge < -0.3 is 15.5 Å². The first-order chi connectivity index (χ1) is 11.5. The minimum atomic E-state index is -0.00750. The van der Waals surface area contributed by atoms with E-state index in [0.29, 0.717) is 6.54 Å². The van der Waals surface area contributed by atoms with Gasteiger partial charge >= 0.3 is 0 Å². The molecule has 0 saturated heterocycles. The standard InChI is InChI=1S/C18H27N5O/c1-5-17(15-11-20-23(4)12-15)19-10-14-7-6-8-16(9-14)21-18(24)13-22(2)3/h6-9,11-12,17,19H,5,10,13H2,1-4H3,(H,21,24). The summed E-state index contributed by atoms with van der Waals surface area (Å²) in [5.74, 6) is -0.00750. The zero-order chi connectivity index (χ0) is 17.5. The van der Waals surface area contributed by atoms with Gasteiger partial charge in [-0.3, -0.25) is 9.48 Å². The number of carbonyl (C=O) groups excluding carboxylic acids is 1. The van der Waals surface area contributed by atoms with E-state index in [2.05, 4.69) is 28.7 Å². The van der Waals surface area contributed by atoms with Crippen molar-refractivity contribution in [1.82, 2.24) is 20.0 Å². The Kier molecular flexibility index (Phi) is 6.52. The molecule has 6 heteroatoms.